The molecule has 3 aliphatic heterocycles. The van der Waals surface area contributed by atoms with Crippen molar-refractivity contribution in [2.75, 3.05) is 132 Å². The van der Waals surface area contributed by atoms with Crippen LogP contribution >= 0.6 is 15.4 Å². The molecule has 0 aliphatic carbocycles. The summed E-state index contributed by atoms with van der Waals surface area (Å²) in [6.45, 7) is 17.4. The zero-order chi connectivity index (χ0) is 93.7. The number of carbonyl (C=O) groups is 14. The van der Waals surface area contributed by atoms with Crippen LogP contribution in [0.3, 0.4) is 0 Å². The molecule has 2 saturated heterocycles. The van der Waals surface area contributed by atoms with Crippen molar-refractivity contribution >= 4 is 104 Å². The van der Waals surface area contributed by atoms with Crippen LogP contribution in [0.5, 0.6) is 0 Å². The number of phosphoric acid groups is 1. The number of methoxy groups -OCH3 is 2. The first-order valence-corrected chi connectivity index (χ1v) is 45.6. The number of likely N-dealkylation sites (N-methyl/N-ethyl adjacent to an activating group) is 2. The molecule has 3 aliphatic rings. The van der Waals surface area contributed by atoms with Crippen molar-refractivity contribution in [1.29, 1.82) is 0 Å². The van der Waals surface area contributed by atoms with Gasteiger partial charge in [0.05, 0.1) is 134 Å². The van der Waals surface area contributed by atoms with Gasteiger partial charge < -0.3 is 105 Å². The monoisotopic (exact) mass is 1820 g/mol. The molecule has 0 radical (unpaired) electrons. The minimum absolute atomic E-state index is 0.00573. The first kappa shape index (κ1) is 107. The molecular formula is C83H131N13O28P2. The predicted molar refractivity (Wildman–Crippen MR) is 457 cm³/mol. The number of cyclic esters (lactones) is 1. The number of imide groups is 1. The van der Waals surface area contributed by atoms with Gasteiger partial charge in [0.15, 0.2) is 0 Å². The van der Waals surface area contributed by atoms with Crippen LogP contribution in [0.4, 0.5) is 5.69 Å². The van der Waals surface area contributed by atoms with E-state index in [0.717, 1.165) is 12.2 Å². The maximum atomic E-state index is 14.6. The number of nitrogens with zero attached hydrogens (tertiary/aromatic N) is 4. The Kier molecular flexibility index (Phi) is 45.8. The number of phosphoric ester groups is 1. The molecule has 0 spiro atoms. The molecular weight excluding hydrogens is 1690 g/mol. The van der Waals surface area contributed by atoms with E-state index >= 15 is 0 Å². The van der Waals surface area contributed by atoms with Crippen LogP contribution in [0.1, 0.15) is 138 Å². The third-order valence-corrected chi connectivity index (χ3v) is 23.2. The number of likely N-dealkylation sites (tertiary alicyclic amines) is 1. The molecule has 13 amide bonds. The molecule has 2 fully saturated rings. The average molecular weight is 1820 g/mol. The van der Waals surface area contributed by atoms with Crippen molar-refractivity contribution in [2.24, 2.45) is 29.6 Å². The van der Waals surface area contributed by atoms with Gasteiger partial charge in [0, 0.05) is 78.0 Å². The van der Waals surface area contributed by atoms with Gasteiger partial charge in [0.2, 0.25) is 65.0 Å². The highest BCUT2D eigenvalue weighted by Gasteiger charge is 2.45. The van der Waals surface area contributed by atoms with E-state index in [1.807, 2.05) is 60.5 Å². The van der Waals surface area contributed by atoms with Gasteiger partial charge in [-0.15, -0.1) is 0 Å². The van der Waals surface area contributed by atoms with Gasteiger partial charge in [-0.25, -0.2) is 9.36 Å². The topological polar surface area (TPSA) is 538 Å². The van der Waals surface area contributed by atoms with E-state index in [9.17, 15) is 81.1 Å². The third-order valence-electron chi connectivity index (χ3n) is 21.5. The highest BCUT2D eigenvalue weighted by Crippen LogP contribution is 2.50. The van der Waals surface area contributed by atoms with Crippen molar-refractivity contribution in [3.63, 3.8) is 0 Å². The molecule has 3 heterocycles. The van der Waals surface area contributed by atoms with Gasteiger partial charge in [0.1, 0.15) is 36.3 Å². The second kappa shape index (κ2) is 53.7. The van der Waals surface area contributed by atoms with Crippen molar-refractivity contribution in [1.82, 2.24) is 62.1 Å². The highest BCUT2D eigenvalue weighted by atomic mass is 31.2. The molecule has 0 aromatic heterocycles. The van der Waals surface area contributed by atoms with E-state index in [-0.39, 0.29) is 126 Å². The number of amides is 13. The van der Waals surface area contributed by atoms with E-state index in [1.54, 1.807) is 74.9 Å². The Morgan fingerprint density at radius 3 is 1.78 bits per heavy atom. The zero-order valence-electron chi connectivity index (χ0n) is 74.7. The zero-order valence-corrected chi connectivity index (χ0v) is 76.4. The van der Waals surface area contributed by atoms with Crippen LogP contribution in [0, 0.1) is 29.6 Å². The van der Waals surface area contributed by atoms with Crippen molar-refractivity contribution in [2.45, 2.75) is 200 Å². The quantitative estimate of drug-likeness (QED) is 0.0192. The first-order valence-electron chi connectivity index (χ1n) is 42.3. The average Bonchev–Trinajstić information content (AvgIpc) is 1.50. The number of rotatable bonds is 58. The summed E-state index contributed by atoms with van der Waals surface area (Å²) in [5, 5.41) is 23.4. The van der Waals surface area contributed by atoms with Crippen LogP contribution in [0.2, 0.25) is 0 Å². The molecule has 5 rings (SSSR count). The Bertz CT molecular complexity index is 4040. The summed E-state index contributed by atoms with van der Waals surface area (Å²) in [5.74, 6) is -11.1. The molecule has 41 nitrogen and oxygen atoms in total. The third kappa shape index (κ3) is 35.5. The lowest BCUT2D eigenvalue weighted by atomic mass is 9.89. The SMILES string of the molecule is CC[C@H](C)[C@@H]([C@@H](CC(=O)N1CCC[C@H]1[C@H](OC)[C@@H](C)C(=O)N[C@H](C)[C@@H](OP(=O)(O)OCc1ccc(NC(=O)CNC(=O)[C@@H](NC(=O)[C@H](CC(=O)N[C@H]2CCOC2=O)NC(=O)CCOCCOCCOCCOCCNC(=O)[C@H](CNC(=O)CCP(=O)(O)O)N2C(=O)C=CC2=O)C(C)C)cc1)c1ccccc1)OC)N(C)C(=O)[C@@H](NC(=O)[C@H](C(C)C)N(C)C)C(C)C. The Morgan fingerprint density at radius 2 is 1.22 bits per heavy atom. The Hall–Kier alpha value is -9.06. The maximum absolute atomic E-state index is 14.6. The van der Waals surface area contributed by atoms with Gasteiger partial charge in [-0.05, 0) is 80.8 Å². The van der Waals surface area contributed by atoms with Crippen molar-refractivity contribution in [3.8, 4) is 0 Å². The number of benzene rings is 2. The molecule has 2 aromatic rings. The molecule has 15 atom stereocenters. The predicted octanol–water partition coefficient (Wildman–Crippen LogP) is 1.27. The Morgan fingerprint density at radius 1 is 0.619 bits per heavy atom. The summed E-state index contributed by atoms with van der Waals surface area (Å²) in [5.41, 5.74) is 1.04. The van der Waals surface area contributed by atoms with Crippen LogP contribution in [0.15, 0.2) is 66.7 Å². The van der Waals surface area contributed by atoms with E-state index in [4.69, 9.17) is 52.0 Å². The van der Waals surface area contributed by atoms with Gasteiger partial charge >= 0.3 is 21.4 Å². The lowest BCUT2D eigenvalue weighted by Crippen LogP contribution is -2.59. The number of hydrogen-bond acceptors (Lipinski definition) is 26. The first-order chi connectivity index (χ1) is 59.5. The van der Waals surface area contributed by atoms with Crippen LogP contribution < -0.4 is 47.9 Å². The van der Waals surface area contributed by atoms with Gasteiger partial charge in [-0.3, -0.25) is 85.7 Å². The fourth-order valence-electron chi connectivity index (χ4n) is 14.6. The minimum atomic E-state index is -4.95. The second-order valence-electron chi connectivity index (χ2n) is 32.4. The smallest absolute Gasteiger partial charge is 0.464 e. The summed E-state index contributed by atoms with van der Waals surface area (Å²) in [6, 6.07) is 5.63. The van der Waals surface area contributed by atoms with Crippen LogP contribution in [-0.4, -0.2) is 311 Å². The lowest BCUT2D eigenvalue weighted by Gasteiger charge is -2.41. The molecule has 126 heavy (non-hydrogen) atoms. The molecule has 12 N–H and O–H groups in total. The van der Waals surface area contributed by atoms with Crippen LogP contribution in [0.25, 0.3) is 0 Å². The van der Waals surface area contributed by atoms with E-state index in [0.29, 0.717) is 41.8 Å². The minimum Gasteiger partial charge on any atom is -0.464 e. The van der Waals surface area contributed by atoms with Crippen molar-refractivity contribution in [3.05, 3.63) is 77.9 Å². The fraction of sp³-hybridized carbons (Fsp3) is 0.663. The summed E-state index contributed by atoms with van der Waals surface area (Å²) in [6.07, 6.45) is -1.31. The number of esters is 1. The normalized spacial score (nSPS) is 18.1. The Balaban J connectivity index is 1.07. The molecule has 43 heteroatoms. The second-order valence-corrected chi connectivity index (χ2v) is 35.6. The molecule has 706 valence electrons. The van der Waals surface area contributed by atoms with E-state index in [2.05, 4.69) is 47.9 Å². The molecule has 0 bridgehead atoms. The van der Waals surface area contributed by atoms with Gasteiger partial charge in [0.25, 0.3) is 11.8 Å². The number of anilines is 1. The maximum Gasteiger partial charge on any atom is 0.473 e. The number of hydrogen-bond donors (Lipinski definition) is 12. The summed E-state index contributed by atoms with van der Waals surface area (Å²) < 4.78 is 75.4. The van der Waals surface area contributed by atoms with E-state index in [1.165, 1.54) is 38.5 Å². The van der Waals surface area contributed by atoms with Crippen LogP contribution in [-0.2, 0) is 125 Å². The fourth-order valence-corrected chi connectivity index (χ4v) is 16.1. The number of nitrogens with one attached hydrogen (secondary N) is 9. The Labute approximate surface area is 735 Å². The summed E-state index contributed by atoms with van der Waals surface area (Å²) in [4.78, 5) is 222. The molecule has 2 aromatic carbocycles. The van der Waals surface area contributed by atoms with Gasteiger partial charge in [-0.1, -0.05) is 111 Å². The highest BCUT2D eigenvalue weighted by molar-refractivity contribution is 7.51. The van der Waals surface area contributed by atoms with Crippen molar-refractivity contribution < 1.29 is 133 Å². The summed E-state index contributed by atoms with van der Waals surface area (Å²) >= 11 is 0. The lowest BCUT2D eigenvalue weighted by molar-refractivity contribution is -0.148. The summed E-state index contributed by atoms with van der Waals surface area (Å²) in [7, 11) is -1.15. The van der Waals surface area contributed by atoms with Gasteiger partial charge in [-0.2, -0.15) is 0 Å². The van der Waals surface area contributed by atoms with E-state index < -0.39 is 204 Å². The number of ether oxygens (including phenoxy) is 7. The molecule has 0 saturated carbocycles. The largest absolute Gasteiger partial charge is 0.473 e. The number of carbonyl (C=O) groups excluding carboxylic acids is 14. The molecule has 1 unspecified atom stereocenters. The standard InChI is InChI=1S/C83H131N13O28P2/c1-16-53(8)74(94(13)82(109)72(51(4)5)92-81(108)73(52(6)7)93(11)12)63(116-14)46-70(103)95-34-20-23-61(95)75(117-15)54(9)77(104)87-55(10)76(57-21-18-17-19-22-57)124-126(114,115)123-49-56-24-26-58(27-25-56)88-67(100)48-86-80(107)71(50(2)3)91-78(105)60(45-66(99)89-59-30-36-122-83(59)110)90-65(98)31-35-118-38-40-120-42-43-121-41-39-119-37-33-84-79(106)62(96-68(101)28-29-69(96)102)47-85-64(97)32-44-125(111,112)113/h17-19,21-22,24-29,50-55,59-63,71-76H,16,20,23,30-49H2,1-15H3,(H,84,106)(H,85,97)(H,86,107)(H,87,104)(H,88,100)(H,89,99)(H,90,98)(H,91,105)(H,92,108)(H,114,115)(H2,111,112,113)/t53-,54+,55+,59-,60-,61-,62-,63+,71-,72-,73-,74-,75+,76+/m0/s1.